The van der Waals surface area contributed by atoms with Crippen LogP contribution in [0.25, 0.3) is 0 Å². The average molecular weight is 99.1 g/mol. The molecule has 0 bridgehead atoms. The van der Waals surface area contributed by atoms with Gasteiger partial charge in [-0.15, -0.1) is 6.42 Å². The smallest absolute Gasteiger partial charge is 0.234 e. The van der Waals surface area contributed by atoms with E-state index in [1.165, 1.54) is 0 Å². The minimum absolute atomic E-state index is 0.0521. The summed E-state index contributed by atoms with van der Waals surface area (Å²) in [5.41, 5.74) is 0. The maximum absolute atomic E-state index is 9.48. The number of rotatable bonds is 2. The highest BCUT2D eigenvalue weighted by Gasteiger charge is 1.85. The van der Waals surface area contributed by atoms with Crippen molar-refractivity contribution >= 4 is 6.41 Å². The van der Waals surface area contributed by atoms with Crippen LogP contribution in [0.2, 0.25) is 0 Å². The van der Waals surface area contributed by atoms with Gasteiger partial charge in [0.1, 0.15) is 6.54 Å². The fraction of sp³-hybridized carbons (Fsp3) is 0.250. The molecular weight excluding hydrogens is 94.0 g/mol. The molecule has 0 aromatic carbocycles. The largest absolute Gasteiger partial charge is 0.285 e. The van der Waals surface area contributed by atoms with Gasteiger partial charge in [-0.1, -0.05) is 5.92 Å². The standard InChI is InChI=1S/C4H5NO2/c1-2-3-5(7)4-6/h1,4,7H,3H2. The summed E-state index contributed by atoms with van der Waals surface area (Å²) in [6.45, 7) is -0.0521. The van der Waals surface area contributed by atoms with Crippen molar-refractivity contribution in [1.82, 2.24) is 5.06 Å². The zero-order chi connectivity index (χ0) is 5.70. The van der Waals surface area contributed by atoms with E-state index in [9.17, 15) is 4.79 Å². The van der Waals surface area contributed by atoms with Crippen LogP contribution in [0.5, 0.6) is 0 Å². The third kappa shape index (κ3) is 2.80. The molecule has 3 heteroatoms. The zero-order valence-corrected chi connectivity index (χ0v) is 3.66. The van der Waals surface area contributed by atoms with Gasteiger partial charge in [0.05, 0.1) is 0 Å². The molecular formula is C4H5NO2. The van der Waals surface area contributed by atoms with E-state index in [0.717, 1.165) is 0 Å². The van der Waals surface area contributed by atoms with E-state index in [-0.39, 0.29) is 13.0 Å². The summed E-state index contributed by atoms with van der Waals surface area (Å²) < 4.78 is 0. The van der Waals surface area contributed by atoms with Crippen LogP contribution in [0.1, 0.15) is 0 Å². The second kappa shape index (κ2) is 3.19. The summed E-state index contributed by atoms with van der Waals surface area (Å²) >= 11 is 0. The molecule has 0 saturated carbocycles. The molecule has 0 aliphatic heterocycles. The number of nitrogens with zero attached hydrogens (tertiary/aromatic N) is 1. The lowest BCUT2D eigenvalue weighted by Gasteiger charge is -1.98. The van der Waals surface area contributed by atoms with Gasteiger partial charge < -0.3 is 0 Å². The Kier molecular flexibility index (Phi) is 2.73. The summed E-state index contributed by atoms with van der Waals surface area (Å²) in [5.74, 6) is 2.06. The van der Waals surface area contributed by atoms with Gasteiger partial charge in [-0.3, -0.25) is 10.0 Å². The third-order valence-electron chi connectivity index (χ3n) is 0.375. The lowest BCUT2D eigenvalue weighted by Crippen LogP contribution is -2.16. The number of hydrogen-bond acceptors (Lipinski definition) is 2. The normalized spacial score (nSPS) is 6.86. The van der Waals surface area contributed by atoms with Gasteiger partial charge >= 0.3 is 0 Å². The number of hydroxylamine groups is 2. The summed E-state index contributed by atoms with van der Waals surface area (Å²) in [7, 11) is 0. The van der Waals surface area contributed by atoms with Crippen molar-refractivity contribution in [2.24, 2.45) is 0 Å². The van der Waals surface area contributed by atoms with Gasteiger partial charge in [-0.25, -0.2) is 5.06 Å². The van der Waals surface area contributed by atoms with Crippen molar-refractivity contribution in [2.45, 2.75) is 0 Å². The van der Waals surface area contributed by atoms with Crippen molar-refractivity contribution in [2.75, 3.05) is 6.54 Å². The first-order valence-electron chi connectivity index (χ1n) is 1.65. The quantitative estimate of drug-likeness (QED) is 0.219. The van der Waals surface area contributed by atoms with Gasteiger partial charge in [0.2, 0.25) is 6.41 Å². The van der Waals surface area contributed by atoms with Gasteiger partial charge in [0.25, 0.3) is 0 Å². The first kappa shape index (κ1) is 5.99. The third-order valence-corrected chi connectivity index (χ3v) is 0.375. The molecule has 0 unspecified atom stereocenters. The first-order chi connectivity index (χ1) is 3.31. The van der Waals surface area contributed by atoms with Gasteiger partial charge in [0, 0.05) is 0 Å². The molecule has 38 valence electrons. The van der Waals surface area contributed by atoms with E-state index in [2.05, 4.69) is 5.92 Å². The maximum Gasteiger partial charge on any atom is 0.234 e. The number of carbonyl (C=O) groups excluding carboxylic acids is 1. The number of amides is 1. The van der Waals surface area contributed by atoms with Crippen LogP contribution in [0.4, 0.5) is 0 Å². The van der Waals surface area contributed by atoms with Crippen molar-refractivity contribution in [3.05, 3.63) is 0 Å². The summed E-state index contributed by atoms with van der Waals surface area (Å²) in [4.78, 5) is 9.48. The monoisotopic (exact) mass is 99.0 g/mol. The predicted octanol–water partition coefficient (Wildman–Crippen LogP) is -0.533. The van der Waals surface area contributed by atoms with E-state index < -0.39 is 0 Å². The molecule has 0 aromatic rings. The Morgan fingerprint density at radius 1 is 2.00 bits per heavy atom. The van der Waals surface area contributed by atoms with Gasteiger partial charge in [-0.2, -0.15) is 0 Å². The fourth-order valence-corrected chi connectivity index (χ4v) is 0.131. The van der Waals surface area contributed by atoms with Crippen LogP contribution in [-0.2, 0) is 4.79 Å². The predicted molar refractivity (Wildman–Crippen MR) is 23.4 cm³/mol. The Morgan fingerprint density at radius 2 is 2.57 bits per heavy atom. The van der Waals surface area contributed by atoms with E-state index in [4.69, 9.17) is 11.6 Å². The van der Waals surface area contributed by atoms with E-state index in [1.54, 1.807) is 0 Å². The summed E-state index contributed by atoms with van der Waals surface area (Å²) in [6.07, 6.45) is 4.94. The highest BCUT2D eigenvalue weighted by molar-refractivity contribution is 5.45. The van der Waals surface area contributed by atoms with E-state index in [0.29, 0.717) is 5.06 Å². The molecule has 0 atom stereocenters. The van der Waals surface area contributed by atoms with Crippen LogP contribution >= 0.6 is 0 Å². The maximum atomic E-state index is 9.48. The molecule has 0 aromatic heterocycles. The zero-order valence-electron chi connectivity index (χ0n) is 3.66. The second-order valence-corrected chi connectivity index (χ2v) is 0.907. The number of carbonyl (C=O) groups is 1. The van der Waals surface area contributed by atoms with Gasteiger partial charge in [0.15, 0.2) is 0 Å². The Balaban J connectivity index is 3.21. The minimum Gasteiger partial charge on any atom is -0.285 e. The van der Waals surface area contributed by atoms with E-state index in [1.807, 2.05) is 0 Å². The molecule has 3 nitrogen and oxygen atoms in total. The summed E-state index contributed by atoms with van der Waals surface area (Å²) in [6, 6.07) is 0. The Morgan fingerprint density at radius 3 is 2.71 bits per heavy atom. The SMILES string of the molecule is C#CCN(O)C=O. The van der Waals surface area contributed by atoms with E-state index >= 15 is 0 Å². The number of terminal acetylenes is 1. The van der Waals surface area contributed by atoms with Crippen LogP contribution < -0.4 is 0 Å². The molecule has 0 radical (unpaired) electrons. The average Bonchev–Trinajstić information content (AvgIpc) is 1.68. The molecule has 7 heavy (non-hydrogen) atoms. The Hall–Kier alpha value is -1.01. The Bertz CT molecular complexity index is 94.4. The molecule has 0 spiro atoms. The van der Waals surface area contributed by atoms with Gasteiger partial charge in [-0.05, 0) is 0 Å². The first-order valence-corrected chi connectivity index (χ1v) is 1.65. The molecule has 0 aliphatic rings. The van der Waals surface area contributed by atoms with Crippen molar-refractivity contribution in [1.29, 1.82) is 0 Å². The highest BCUT2D eigenvalue weighted by atomic mass is 16.5. The van der Waals surface area contributed by atoms with Crippen LogP contribution in [0, 0.1) is 12.3 Å². The number of hydrogen-bond donors (Lipinski definition) is 1. The van der Waals surface area contributed by atoms with Crippen LogP contribution in [0.15, 0.2) is 0 Å². The minimum atomic E-state index is -0.0521. The van der Waals surface area contributed by atoms with Crippen molar-refractivity contribution in [3.63, 3.8) is 0 Å². The second-order valence-electron chi connectivity index (χ2n) is 0.907. The van der Waals surface area contributed by atoms with Crippen molar-refractivity contribution in [3.8, 4) is 12.3 Å². The topological polar surface area (TPSA) is 40.5 Å². The fourth-order valence-electron chi connectivity index (χ4n) is 0.131. The van der Waals surface area contributed by atoms with Crippen molar-refractivity contribution < 1.29 is 10.0 Å². The Labute approximate surface area is 41.5 Å². The molecule has 0 saturated heterocycles. The van der Waals surface area contributed by atoms with Crippen LogP contribution in [-0.4, -0.2) is 23.2 Å². The molecule has 1 N–H and O–H groups in total. The van der Waals surface area contributed by atoms with Crippen LogP contribution in [0.3, 0.4) is 0 Å². The lowest BCUT2D eigenvalue weighted by atomic mass is 10.7. The molecule has 0 fully saturated rings. The molecule has 0 aliphatic carbocycles. The summed E-state index contributed by atoms with van der Waals surface area (Å²) in [5, 5.41) is 8.57. The molecule has 0 rings (SSSR count). The molecule has 0 heterocycles. The lowest BCUT2D eigenvalue weighted by molar-refractivity contribution is -0.146. The highest BCUT2D eigenvalue weighted by Crippen LogP contribution is 1.66. The molecule has 1 amide bonds.